The lowest BCUT2D eigenvalue weighted by molar-refractivity contribution is -0.142. The van der Waals surface area contributed by atoms with E-state index in [1.54, 1.807) is 0 Å². The Balaban J connectivity index is 1.45. The van der Waals surface area contributed by atoms with Crippen LogP contribution in [0, 0.1) is 34.8 Å². The molecule has 0 spiro atoms. The molecule has 2 aromatic carbocycles. The lowest BCUT2D eigenvalue weighted by atomic mass is 9.93. The van der Waals surface area contributed by atoms with Crippen molar-refractivity contribution in [2.24, 2.45) is 18.4 Å². The third kappa shape index (κ3) is 8.88. The van der Waals surface area contributed by atoms with Gasteiger partial charge in [-0.15, -0.1) is 0 Å². The van der Waals surface area contributed by atoms with Crippen LogP contribution in [-0.2, 0) is 61.6 Å². The van der Waals surface area contributed by atoms with Crippen LogP contribution in [0.25, 0.3) is 22.0 Å². The zero-order valence-corrected chi connectivity index (χ0v) is 38.8. The number of pyridine rings is 1. The molecule has 0 unspecified atom stereocenters. The highest BCUT2D eigenvalue weighted by Crippen LogP contribution is 2.68. The van der Waals surface area contributed by atoms with Gasteiger partial charge in [-0.05, 0) is 74.4 Å². The van der Waals surface area contributed by atoms with E-state index in [0.29, 0.717) is 15.1 Å². The number of rotatable bonds is 10. The average molecular weight is 984 g/mol. The maximum absolute atomic E-state index is 15.5. The summed E-state index contributed by atoms with van der Waals surface area (Å²) in [6, 6.07) is 6.53. The summed E-state index contributed by atoms with van der Waals surface area (Å²) in [7, 11) is -6.74. The van der Waals surface area contributed by atoms with Gasteiger partial charge in [0.2, 0.25) is 21.8 Å². The van der Waals surface area contributed by atoms with E-state index in [-0.39, 0.29) is 56.2 Å². The molecule has 0 bridgehead atoms. The van der Waals surface area contributed by atoms with Gasteiger partial charge in [0, 0.05) is 47.4 Å². The Labute approximate surface area is 379 Å². The molecule has 3 atom stereocenters. The smallest absolute Gasteiger partial charge is 0.346 e. The molecule has 5 aromatic rings. The number of aryl methyl sites for hydroxylation is 1. The van der Waals surface area contributed by atoms with Crippen LogP contribution in [0.3, 0.4) is 0 Å². The van der Waals surface area contributed by atoms with Gasteiger partial charge in [0.1, 0.15) is 34.3 Å². The molecule has 2 amide bonds. The van der Waals surface area contributed by atoms with Gasteiger partial charge < -0.3 is 5.32 Å². The predicted molar refractivity (Wildman–Crippen MR) is 229 cm³/mol. The molecule has 0 aliphatic heterocycles. The Hall–Kier alpha value is -5.53. The molecule has 66 heavy (non-hydrogen) atoms. The second kappa shape index (κ2) is 16.1. The fourth-order valence-corrected chi connectivity index (χ4v) is 9.41. The molecule has 0 saturated heterocycles. The quantitative estimate of drug-likeness (QED) is 0.110. The lowest BCUT2D eigenvalue weighted by Gasteiger charge is -2.26. The van der Waals surface area contributed by atoms with E-state index in [2.05, 4.69) is 32.3 Å². The average Bonchev–Trinajstić information content (AvgIpc) is 3.69. The van der Waals surface area contributed by atoms with E-state index in [9.17, 15) is 48.4 Å². The van der Waals surface area contributed by atoms with Crippen LogP contribution in [0.15, 0.2) is 42.5 Å². The number of fused-ring (bicyclic) bond motifs is 4. The molecule has 23 heteroatoms. The first-order chi connectivity index (χ1) is 30.2. The Morgan fingerprint density at radius 1 is 0.970 bits per heavy atom. The number of alkyl halides is 5. The first kappa shape index (κ1) is 48.4. The summed E-state index contributed by atoms with van der Waals surface area (Å²) in [5.74, 6) is -5.39. The number of benzene rings is 2. The summed E-state index contributed by atoms with van der Waals surface area (Å²) in [6.07, 6.45) is -4.07. The molecular weight excluding hydrogens is 943 g/mol. The number of amides is 2. The number of anilines is 1. The van der Waals surface area contributed by atoms with Crippen LogP contribution in [0.2, 0.25) is 5.02 Å². The van der Waals surface area contributed by atoms with Gasteiger partial charge in [-0.2, -0.15) is 36.5 Å². The topological polar surface area (TPSA) is 166 Å². The van der Waals surface area contributed by atoms with Crippen molar-refractivity contribution in [3.8, 4) is 23.0 Å². The standard InChI is InChI=1S/C43H41ClF7N7O6S2/c1-40(2,3)39(60)58(66(8,63)64)38-33-29(44)12-11-26(35(33)56(6)55-38)25-10-9-24(13-14-41(4,5)65(7,61)62)52-34(25)30(17-21-15-22(45)18-23(46)16-21)53-31(59)20-57-37-32(36(54-57)43(49,50)51)27-19-28(27)42(37,47)48/h9-12,15-16,18,27-28,30H,17,19-20H2,1-8H3,(H,53,59)/t27-,28+,30-/m0/s1. The monoisotopic (exact) mass is 983 g/mol. The SMILES string of the molecule is Cn1nc(N(C(=O)C(C)(C)C)S(C)(=O)=O)c2c(Cl)ccc(-c3ccc(C#CC(C)(C)S(C)(=O)=O)nc3[C@H](Cc3cc(F)cc(F)c3)NC(=O)Cn3nc(C(F)(F)F)c4c3C(F)(F)[C@@H]3C[C@H]43)c21. The summed E-state index contributed by atoms with van der Waals surface area (Å²) in [5.41, 5.74) is -4.55. The van der Waals surface area contributed by atoms with E-state index < -0.39 is 113 Å². The van der Waals surface area contributed by atoms with Crippen LogP contribution >= 0.6 is 11.6 Å². The molecule has 2 aliphatic carbocycles. The number of halogens is 8. The Morgan fingerprint density at radius 2 is 1.59 bits per heavy atom. The third-order valence-electron chi connectivity index (χ3n) is 11.4. The molecule has 0 radical (unpaired) electrons. The zero-order valence-electron chi connectivity index (χ0n) is 36.4. The highest BCUT2D eigenvalue weighted by atomic mass is 35.5. The van der Waals surface area contributed by atoms with Gasteiger partial charge in [0.25, 0.3) is 5.92 Å². The molecule has 1 fully saturated rings. The van der Waals surface area contributed by atoms with Gasteiger partial charge in [0.05, 0.1) is 33.9 Å². The second-order valence-electron chi connectivity index (χ2n) is 17.9. The molecule has 352 valence electrons. The fraction of sp³-hybridized carbons (Fsp3) is 0.419. The fourth-order valence-electron chi connectivity index (χ4n) is 7.92. The van der Waals surface area contributed by atoms with Crippen molar-refractivity contribution in [1.29, 1.82) is 0 Å². The normalized spacial score (nSPS) is 17.5. The maximum Gasteiger partial charge on any atom is 0.435 e. The van der Waals surface area contributed by atoms with Gasteiger partial charge in [0.15, 0.2) is 21.3 Å². The number of carbonyl (C=O) groups excluding carboxylic acids is 2. The largest absolute Gasteiger partial charge is 0.435 e. The number of sulfone groups is 1. The van der Waals surface area contributed by atoms with Crippen LogP contribution in [-0.4, -0.2) is 70.5 Å². The highest BCUT2D eigenvalue weighted by molar-refractivity contribution is 7.93. The van der Waals surface area contributed by atoms with Crippen LogP contribution in [0.5, 0.6) is 0 Å². The summed E-state index contributed by atoms with van der Waals surface area (Å²) >= 11 is 6.75. The Kier molecular flexibility index (Phi) is 11.8. The van der Waals surface area contributed by atoms with Crippen LogP contribution < -0.4 is 9.62 Å². The predicted octanol–water partition coefficient (Wildman–Crippen LogP) is 7.60. The van der Waals surface area contributed by atoms with Crippen molar-refractivity contribution in [3.63, 3.8) is 0 Å². The first-order valence-corrected chi connectivity index (χ1v) is 24.1. The van der Waals surface area contributed by atoms with Crippen molar-refractivity contribution in [1.82, 2.24) is 29.9 Å². The van der Waals surface area contributed by atoms with E-state index in [0.717, 1.165) is 24.6 Å². The number of aromatic nitrogens is 5. The molecule has 7 rings (SSSR count). The third-order valence-corrected chi connectivity index (χ3v) is 14.7. The number of sulfonamides is 1. The second-order valence-corrected chi connectivity index (χ2v) is 22.8. The molecule has 1 N–H and O–H groups in total. The highest BCUT2D eigenvalue weighted by Gasteiger charge is 2.68. The number of nitrogens with one attached hydrogen (secondary N) is 1. The first-order valence-electron chi connectivity index (χ1n) is 20.0. The molecule has 3 heterocycles. The Bertz CT molecular complexity index is 3150. The van der Waals surface area contributed by atoms with Gasteiger partial charge in [-0.3, -0.25) is 19.0 Å². The summed E-state index contributed by atoms with van der Waals surface area (Å²) in [5, 5.41) is 10.3. The summed E-state index contributed by atoms with van der Waals surface area (Å²) in [4.78, 5) is 32.5. The van der Waals surface area contributed by atoms with E-state index in [1.807, 2.05) is 0 Å². The van der Waals surface area contributed by atoms with Gasteiger partial charge >= 0.3 is 6.18 Å². The summed E-state index contributed by atoms with van der Waals surface area (Å²) < 4.78 is 155. The van der Waals surface area contributed by atoms with Crippen molar-refractivity contribution in [3.05, 3.63) is 93.0 Å². The molecule has 3 aromatic heterocycles. The van der Waals surface area contributed by atoms with Crippen LogP contribution in [0.1, 0.15) is 86.9 Å². The lowest BCUT2D eigenvalue weighted by Crippen LogP contribution is -2.43. The Morgan fingerprint density at radius 3 is 2.17 bits per heavy atom. The van der Waals surface area contributed by atoms with E-state index in [4.69, 9.17) is 11.6 Å². The van der Waals surface area contributed by atoms with Crippen molar-refractivity contribution < 1.29 is 57.2 Å². The van der Waals surface area contributed by atoms with Crippen molar-refractivity contribution in [2.45, 2.75) is 82.8 Å². The summed E-state index contributed by atoms with van der Waals surface area (Å²) in [6.45, 7) is 5.99. The number of carbonyl (C=O) groups is 2. The van der Waals surface area contributed by atoms with Crippen LogP contribution in [0.4, 0.5) is 36.6 Å². The zero-order chi connectivity index (χ0) is 49.0. The van der Waals surface area contributed by atoms with Gasteiger partial charge in [-0.1, -0.05) is 44.4 Å². The minimum absolute atomic E-state index is 0.0378. The van der Waals surface area contributed by atoms with E-state index >= 15 is 8.78 Å². The number of hydrogen-bond acceptors (Lipinski definition) is 9. The number of nitrogens with zero attached hydrogens (tertiary/aromatic N) is 6. The minimum atomic E-state index is -5.14. The molecule has 2 aliphatic rings. The molecular formula is C43H41ClF7N7O6S2. The van der Waals surface area contributed by atoms with E-state index in [1.165, 1.54) is 70.6 Å². The van der Waals surface area contributed by atoms with Crippen molar-refractivity contribution >= 4 is 60.0 Å². The molecule has 1 saturated carbocycles. The van der Waals surface area contributed by atoms with Gasteiger partial charge in [-0.25, -0.2) is 30.6 Å². The van der Waals surface area contributed by atoms with Crippen molar-refractivity contribution in [2.75, 3.05) is 16.8 Å². The molecule has 13 nitrogen and oxygen atoms in total. The maximum atomic E-state index is 15.5. The minimum Gasteiger partial charge on any atom is -0.346 e. The number of hydrogen-bond donors (Lipinski definition) is 1.